The van der Waals surface area contributed by atoms with Crippen molar-refractivity contribution >= 4 is 23.2 Å². The van der Waals surface area contributed by atoms with Gasteiger partial charge in [0.2, 0.25) is 5.91 Å². The van der Waals surface area contributed by atoms with Crippen LogP contribution in [-0.2, 0) is 11.3 Å². The molecule has 2 aromatic carbocycles. The number of halogens is 1. The van der Waals surface area contributed by atoms with Crippen LogP contribution in [0, 0.1) is 11.3 Å². The van der Waals surface area contributed by atoms with E-state index >= 15 is 0 Å². The number of amides is 1. The summed E-state index contributed by atoms with van der Waals surface area (Å²) in [6.45, 7) is 0.807. The van der Waals surface area contributed by atoms with Gasteiger partial charge in [0, 0.05) is 17.8 Å². The van der Waals surface area contributed by atoms with E-state index in [1.165, 1.54) is 0 Å². The van der Waals surface area contributed by atoms with E-state index in [0.717, 1.165) is 11.3 Å². The third-order valence-corrected chi connectivity index (χ3v) is 3.73. The van der Waals surface area contributed by atoms with Crippen molar-refractivity contribution in [2.24, 2.45) is 0 Å². The SMILES string of the molecule is COc1ccccc1CN(C)CC(=O)Nc1ccc(C#N)c(Cl)c1. The Morgan fingerprint density at radius 3 is 2.75 bits per heavy atom. The minimum absolute atomic E-state index is 0.159. The second-order valence-corrected chi connectivity index (χ2v) is 5.75. The Morgan fingerprint density at radius 2 is 2.08 bits per heavy atom. The Morgan fingerprint density at radius 1 is 1.33 bits per heavy atom. The molecule has 2 aromatic rings. The van der Waals surface area contributed by atoms with Gasteiger partial charge in [0.15, 0.2) is 0 Å². The van der Waals surface area contributed by atoms with Crippen LogP contribution in [0.2, 0.25) is 5.02 Å². The maximum absolute atomic E-state index is 12.1. The molecule has 124 valence electrons. The second kappa shape index (κ2) is 8.34. The third-order valence-electron chi connectivity index (χ3n) is 3.42. The number of hydrogen-bond donors (Lipinski definition) is 1. The molecule has 0 radical (unpaired) electrons. The van der Waals surface area contributed by atoms with Gasteiger partial charge in [-0.2, -0.15) is 5.26 Å². The van der Waals surface area contributed by atoms with Crippen molar-refractivity contribution in [2.45, 2.75) is 6.54 Å². The predicted molar refractivity (Wildman–Crippen MR) is 94.1 cm³/mol. The summed E-state index contributed by atoms with van der Waals surface area (Å²) in [6, 6.07) is 14.5. The number of likely N-dealkylation sites (N-methyl/N-ethyl adjacent to an activating group) is 1. The summed E-state index contributed by atoms with van der Waals surface area (Å²) in [5.41, 5.74) is 1.95. The van der Waals surface area contributed by atoms with E-state index in [-0.39, 0.29) is 12.5 Å². The van der Waals surface area contributed by atoms with E-state index in [9.17, 15) is 4.79 Å². The standard InChI is InChI=1S/C18H18ClN3O2/c1-22(11-14-5-3-4-6-17(14)24-2)12-18(23)21-15-8-7-13(10-20)16(19)9-15/h3-9H,11-12H2,1-2H3,(H,21,23). The van der Waals surface area contributed by atoms with Gasteiger partial charge in [-0.15, -0.1) is 0 Å². The van der Waals surface area contributed by atoms with Gasteiger partial charge in [0.05, 0.1) is 24.2 Å². The molecule has 1 amide bonds. The van der Waals surface area contributed by atoms with Gasteiger partial charge in [-0.25, -0.2) is 0 Å². The average molecular weight is 344 g/mol. The Kier molecular flexibility index (Phi) is 6.19. The molecular formula is C18H18ClN3O2. The van der Waals surface area contributed by atoms with Gasteiger partial charge in [0.25, 0.3) is 0 Å². The molecule has 0 aliphatic rings. The van der Waals surface area contributed by atoms with E-state index in [4.69, 9.17) is 21.6 Å². The molecule has 0 atom stereocenters. The molecule has 0 saturated heterocycles. The molecule has 0 aliphatic carbocycles. The first-order chi connectivity index (χ1) is 11.5. The van der Waals surface area contributed by atoms with Crippen molar-refractivity contribution in [1.82, 2.24) is 4.90 Å². The van der Waals surface area contributed by atoms with Crippen molar-refractivity contribution in [3.8, 4) is 11.8 Å². The molecule has 5 nitrogen and oxygen atoms in total. The van der Waals surface area contributed by atoms with Crippen LogP contribution in [0.25, 0.3) is 0 Å². The van der Waals surface area contributed by atoms with E-state index in [0.29, 0.717) is 22.8 Å². The Labute approximate surface area is 146 Å². The minimum atomic E-state index is -0.159. The van der Waals surface area contributed by atoms with Crippen LogP contribution in [0.15, 0.2) is 42.5 Å². The van der Waals surface area contributed by atoms with Crippen molar-refractivity contribution in [3.63, 3.8) is 0 Å². The van der Waals surface area contributed by atoms with Gasteiger partial charge < -0.3 is 10.1 Å². The zero-order valence-electron chi connectivity index (χ0n) is 13.5. The number of carbonyl (C=O) groups is 1. The lowest BCUT2D eigenvalue weighted by atomic mass is 10.2. The Bertz CT molecular complexity index is 771. The smallest absolute Gasteiger partial charge is 0.238 e. The average Bonchev–Trinajstić information content (AvgIpc) is 2.55. The number of ether oxygens (including phenoxy) is 1. The summed E-state index contributed by atoms with van der Waals surface area (Å²) in [4.78, 5) is 14.0. The number of nitrogens with one attached hydrogen (secondary N) is 1. The first-order valence-electron chi connectivity index (χ1n) is 7.33. The molecular weight excluding hydrogens is 326 g/mol. The molecule has 0 aliphatic heterocycles. The van der Waals surface area contributed by atoms with Crippen molar-refractivity contribution in [3.05, 3.63) is 58.6 Å². The fourth-order valence-electron chi connectivity index (χ4n) is 2.31. The molecule has 0 aromatic heterocycles. The third kappa shape index (κ3) is 4.72. The summed E-state index contributed by atoms with van der Waals surface area (Å²) in [5.74, 6) is 0.636. The van der Waals surface area contributed by atoms with Gasteiger partial charge in [-0.1, -0.05) is 29.8 Å². The maximum Gasteiger partial charge on any atom is 0.238 e. The lowest BCUT2D eigenvalue weighted by Gasteiger charge is -2.18. The normalized spacial score (nSPS) is 10.3. The largest absolute Gasteiger partial charge is 0.496 e. The zero-order chi connectivity index (χ0) is 17.5. The molecule has 0 saturated carbocycles. The molecule has 1 N–H and O–H groups in total. The number of nitrogens with zero attached hydrogens (tertiary/aromatic N) is 2. The molecule has 0 fully saturated rings. The van der Waals surface area contributed by atoms with Crippen molar-refractivity contribution in [1.29, 1.82) is 5.26 Å². The van der Waals surface area contributed by atoms with E-state index < -0.39 is 0 Å². The molecule has 0 unspecified atom stereocenters. The van der Waals surface area contributed by atoms with Crippen LogP contribution in [0.3, 0.4) is 0 Å². The van der Waals surface area contributed by atoms with E-state index in [1.807, 2.05) is 42.3 Å². The monoisotopic (exact) mass is 343 g/mol. The molecule has 6 heteroatoms. The van der Waals surface area contributed by atoms with E-state index in [1.54, 1.807) is 25.3 Å². The molecule has 0 spiro atoms. The predicted octanol–water partition coefficient (Wildman–Crippen LogP) is 3.29. The van der Waals surface area contributed by atoms with Crippen molar-refractivity contribution < 1.29 is 9.53 Å². The van der Waals surface area contributed by atoms with Crippen LogP contribution in [0.4, 0.5) is 5.69 Å². The number of nitriles is 1. The van der Waals surface area contributed by atoms with E-state index in [2.05, 4.69) is 5.32 Å². The first-order valence-corrected chi connectivity index (χ1v) is 7.71. The highest BCUT2D eigenvalue weighted by molar-refractivity contribution is 6.32. The van der Waals surface area contributed by atoms with Gasteiger partial charge in [0.1, 0.15) is 11.8 Å². The number of carbonyl (C=O) groups excluding carboxylic acids is 1. The van der Waals surface area contributed by atoms with Gasteiger partial charge in [-0.3, -0.25) is 9.69 Å². The van der Waals surface area contributed by atoms with Crippen LogP contribution in [0.1, 0.15) is 11.1 Å². The topological polar surface area (TPSA) is 65.4 Å². The minimum Gasteiger partial charge on any atom is -0.496 e. The van der Waals surface area contributed by atoms with Crippen molar-refractivity contribution in [2.75, 3.05) is 26.0 Å². The number of rotatable bonds is 6. The number of hydrogen-bond acceptors (Lipinski definition) is 4. The van der Waals surface area contributed by atoms with Gasteiger partial charge in [-0.05, 0) is 31.3 Å². The van der Waals surface area contributed by atoms with Crippen LogP contribution >= 0.6 is 11.6 Å². The fourth-order valence-corrected chi connectivity index (χ4v) is 2.53. The number of methoxy groups -OCH3 is 1. The Hall–Kier alpha value is -2.55. The Balaban J connectivity index is 1.94. The van der Waals surface area contributed by atoms with Crippen LogP contribution < -0.4 is 10.1 Å². The summed E-state index contributed by atoms with van der Waals surface area (Å²) >= 11 is 5.96. The number of anilines is 1. The number of benzene rings is 2. The quantitative estimate of drug-likeness (QED) is 0.874. The summed E-state index contributed by atoms with van der Waals surface area (Å²) in [7, 11) is 3.48. The van der Waals surface area contributed by atoms with Crippen LogP contribution in [-0.4, -0.2) is 31.5 Å². The lowest BCUT2D eigenvalue weighted by Crippen LogP contribution is -2.30. The first kappa shape index (κ1) is 17.8. The van der Waals surface area contributed by atoms with Crippen LogP contribution in [0.5, 0.6) is 5.75 Å². The summed E-state index contributed by atoms with van der Waals surface area (Å²) in [5, 5.41) is 11.9. The maximum atomic E-state index is 12.1. The summed E-state index contributed by atoms with van der Waals surface area (Å²) in [6.07, 6.45) is 0. The highest BCUT2D eigenvalue weighted by atomic mass is 35.5. The molecule has 0 bridgehead atoms. The zero-order valence-corrected chi connectivity index (χ0v) is 14.3. The summed E-state index contributed by atoms with van der Waals surface area (Å²) < 4.78 is 5.31. The fraction of sp³-hybridized carbons (Fsp3) is 0.222. The highest BCUT2D eigenvalue weighted by Gasteiger charge is 2.11. The lowest BCUT2D eigenvalue weighted by molar-refractivity contribution is -0.117. The molecule has 2 rings (SSSR count). The highest BCUT2D eigenvalue weighted by Crippen LogP contribution is 2.21. The molecule has 0 heterocycles. The number of para-hydroxylation sites is 1. The molecule has 24 heavy (non-hydrogen) atoms. The van der Waals surface area contributed by atoms with Gasteiger partial charge >= 0.3 is 0 Å². The second-order valence-electron chi connectivity index (χ2n) is 5.34.